The van der Waals surface area contributed by atoms with Gasteiger partial charge in [-0.15, -0.1) is 0 Å². The average molecular weight is 363 g/mol. The van der Waals surface area contributed by atoms with Crippen molar-refractivity contribution in [3.63, 3.8) is 0 Å². The normalized spacial score (nSPS) is 10.6. The van der Waals surface area contributed by atoms with E-state index in [-0.39, 0.29) is 5.69 Å². The van der Waals surface area contributed by atoms with Crippen molar-refractivity contribution < 1.29 is 9.72 Å². The lowest BCUT2D eigenvalue weighted by Gasteiger charge is -2.00. The molecule has 0 aliphatic carbocycles. The maximum atomic E-state index is 11.8. The second-order valence-corrected chi connectivity index (χ2v) is 5.14. The van der Waals surface area contributed by atoms with Crippen LogP contribution in [0.3, 0.4) is 0 Å². The van der Waals surface area contributed by atoms with Gasteiger partial charge in [0.1, 0.15) is 0 Å². The average Bonchev–Trinajstić information content (AvgIpc) is 2.49. The number of nitrogens with two attached hydrogens (primary N) is 1. The largest absolute Gasteiger partial charge is 0.399 e. The van der Waals surface area contributed by atoms with Gasteiger partial charge in [-0.25, -0.2) is 5.43 Å². The van der Waals surface area contributed by atoms with E-state index in [0.717, 1.165) is 0 Å². The molecule has 0 saturated carbocycles. The summed E-state index contributed by atoms with van der Waals surface area (Å²) in [6, 6.07) is 10.9. The minimum atomic E-state index is -0.506. The zero-order chi connectivity index (χ0) is 16.1. The number of hydrazone groups is 1. The van der Waals surface area contributed by atoms with Crippen molar-refractivity contribution in [1.29, 1.82) is 0 Å². The molecule has 0 aliphatic rings. The number of nitro benzene ring substituents is 1. The number of carbonyl (C=O) groups excluding carboxylic acids is 1. The molecule has 22 heavy (non-hydrogen) atoms. The van der Waals surface area contributed by atoms with Crippen LogP contribution in [0.2, 0.25) is 0 Å². The first kappa shape index (κ1) is 15.6. The molecular weight excluding hydrogens is 352 g/mol. The lowest BCUT2D eigenvalue weighted by atomic mass is 10.2. The van der Waals surface area contributed by atoms with Gasteiger partial charge in [-0.05, 0) is 46.3 Å². The number of carbonyl (C=O) groups is 1. The minimum Gasteiger partial charge on any atom is -0.399 e. The number of hydrogen-bond donors (Lipinski definition) is 2. The molecule has 2 aromatic rings. The number of anilines is 1. The summed E-state index contributed by atoms with van der Waals surface area (Å²) in [4.78, 5) is 22.1. The fourth-order valence-electron chi connectivity index (χ4n) is 1.61. The third kappa shape index (κ3) is 3.89. The van der Waals surface area contributed by atoms with Crippen molar-refractivity contribution in [2.45, 2.75) is 0 Å². The van der Waals surface area contributed by atoms with Crippen LogP contribution in [0.5, 0.6) is 0 Å². The molecule has 0 heterocycles. The van der Waals surface area contributed by atoms with E-state index in [4.69, 9.17) is 5.73 Å². The first-order chi connectivity index (χ1) is 10.5. The first-order valence-corrected chi connectivity index (χ1v) is 6.89. The maximum Gasteiger partial charge on any atom is 0.284 e. The summed E-state index contributed by atoms with van der Waals surface area (Å²) in [6.45, 7) is 0. The molecule has 0 saturated heterocycles. The van der Waals surface area contributed by atoms with Crippen LogP contribution in [0.25, 0.3) is 0 Å². The van der Waals surface area contributed by atoms with E-state index in [2.05, 4.69) is 26.5 Å². The Hall–Kier alpha value is -2.74. The molecule has 0 spiro atoms. The van der Waals surface area contributed by atoms with Gasteiger partial charge >= 0.3 is 0 Å². The van der Waals surface area contributed by atoms with Crippen molar-refractivity contribution in [1.82, 2.24) is 5.43 Å². The van der Waals surface area contributed by atoms with E-state index < -0.39 is 10.8 Å². The summed E-state index contributed by atoms with van der Waals surface area (Å²) in [5, 5.41) is 14.6. The van der Waals surface area contributed by atoms with Gasteiger partial charge in [-0.2, -0.15) is 5.10 Å². The van der Waals surface area contributed by atoms with Crippen LogP contribution in [0.4, 0.5) is 11.4 Å². The Balaban J connectivity index is 2.06. The number of nitrogens with zero attached hydrogens (tertiary/aromatic N) is 2. The van der Waals surface area contributed by atoms with Crippen LogP contribution in [0.15, 0.2) is 52.0 Å². The van der Waals surface area contributed by atoms with Crippen LogP contribution in [0, 0.1) is 10.1 Å². The van der Waals surface area contributed by atoms with Crippen molar-refractivity contribution in [3.8, 4) is 0 Å². The van der Waals surface area contributed by atoms with Gasteiger partial charge in [-0.3, -0.25) is 14.9 Å². The summed E-state index contributed by atoms with van der Waals surface area (Å²) >= 11 is 3.09. The molecule has 7 nitrogen and oxygen atoms in total. The summed E-state index contributed by atoms with van der Waals surface area (Å²) < 4.78 is 0.376. The van der Waals surface area contributed by atoms with Gasteiger partial charge < -0.3 is 5.73 Å². The smallest absolute Gasteiger partial charge is 0.284 e. The lowest BCUT2D eigenvalue weighted by molar-refractivity contribution is -0.385. The predicted molar refractivity (Wildman–Crippen MR) is 86.7 cm³/mol. The topological polar surface area (TPSA) is 111 Å². The SMILES string of the molecule is Nc1ccc(C(=O)N/N=C\c2ccc(Br)c([N+](=O)[O-])c2)cc1. The number of halogens is 1. The molecule has 0 atom stereocenters. The Morgan fingerprint density at radius 1 is 1.27 bits per heavy atom. The number of nitrogens with one attached hydrogen (secondary N) is 1. The zero-order valence-electron chi connectivity index (χ0n) is 11.2. The molecule has 3 N–H and O–H groups in total. The van der Waals surface area contributed by atoms with Gasteiger partial charge in [0.15, 0.2) is 0 Å². The Morgan fingerprint density at radius 3 is 2.59 bits per heavy atom. The zero-order valence-corrected chi connectivity index (χ0v) is 12.8. The van der Waals surface area contributed by atoms with E-state index >= 15 is 0 Å². The molecule has 8 heteroatoms. The monoisotopic (exact) mass is 362 g/mol. The summed E-state index contributed by atoms with van der Waals surface area (Å²) in [5.74, 6) is -0.400. The standard InChI is InChI=1S/C14H11BrN4O3/c15-12-6-1-9(7-13(12)19(21)22)8-17-18-14(20)10-2-4-11(16)5-3-10/h1-8H,16H2,(H,18,20)/b17-8-. The van der Waals surface area contributed by atoms with E-state index in [9.17, 15) is 14.9 Å². The number of nitrogen functional groups attached to an aromatic ring is 1. The highest BCUT2D eigenvalue weighted by Gasteiger charge is 2.11. The molecule has 1 amide bonds. The summed E-state index contributed by atoms with van der Waals surface area (Å²) in [7, 11) is 0. The number of rotatable bonds is 4. The minimum absolute atomic E-state index is 0.0752. The second kappa shape index (κ2) is 6.81. The number of hydrogen-bond acceptors (Lipinski definition) is 5. The summed E-state index contributed by atoms with van der Waals surface area (Å²) in [5.41, 5.74) is 9.26. The highest BCUT2D eigenvalue weighted by Crippen LogP contribution is 2.24. The van der Waals surface area contributed by atoms with Crippen LogP contribution in [-0.2, 0) is 0 Å². The van der Waals surface area contributed by atoms with Crippen LogP contribution < -0.4 is 11.2 Å². The molecule has 0 bridgehead atoms. The maximum absolute atomic E-state index is 11.8. The highest BCUT2D eigenvalue weighted by atomic mass is 79.9. The number of benzene rings is 2. The lowest BCUT2D eigenvalue weighted by Crippen LogP contribution is -2.17. The summed E-state index contributed by atoms with van der Waals surface area (Å²) in [6.07, 6.45) is 1.33. The van der Waals surface area contributed by atoms with E-state index in [1.54, 1.807) is 36.4 Å². The van der Waals surface area contributed by atoms with Crippen molar-refractivity contribution in [3.05, 3.63) is 68.2 Å². The molecule has 0 aromatic heterocycles. The Kier molecular flexibility index (Phi) is 4.84. The van der Waals surface area contributed by atoms with Crippen molar-refractivity contribution >= 4 is 39.4 Å². The Labute approximate surface area is 134 Å². The number of nitro groups is 1. The third-order valence-electron chi connectivity index (χ3n) is 2.72. The molecule has 0 unspecified atom stereocenters. The Morgan fingerprint density at radius 2 is 1.95 bits per heavy atom. The van der Waals surface area contributed by atoms with E-state index in [1.807, 2.05) is 0 Å². The van der Waals surface area contributed by atoms with Gasteiger partial charge in [0.25, 0.3) is 11.6 Å². The molecule has 0 radical (unpaired) electrons. The van der Waals surface area contributed by atoms with Crippen LogP contribution in [-0.4, -0.2) is 17.0 Å². The van der Waals surface area contributed by atoms with E-state index in [1.165, 1.54) is 12.3 Å². The molecule has 112 valence electrons. The fraction of sp³-hybridized carbons (Fsp3) is 0. The molecule has 0 aliphatic heterocycles. The predicted octanol–water partition coefficient (Wildman–Crippen LogP) is 2.70. The van der Waals surface area contributed by atoms with Crippen molar-refractivity contribution in [2.75, 3.05) is 5.73 Å². The van der Waals surface area contributed by atoms with Crippen LogP contribution in [0.1, 0.15) is 15.9 Å². The van der Waals surface area contributed by atoms with Gasteiger partial charge in [0.05, 0.1) is 15.6 Å². The van der Waals surface area contributed by atoms with Crippen LogP contribution >= 0.6 is 15.9 Å². The van der Waals surface area contributed by atoms with Crippen molar-refractivity contribution in [2.24, 2.45) is 5.10 Å². The third-order valence-corrected chi connectivity index (χ3v) is 3.39. The van der Waals surface area contributed by atoms with Gasteiger partial charge in [0, 0.05) is 22.9 Å². The van der Waals surface area contributed by atoms with E-state index in [0.29, 0.717) is 21.3 Å². The fourth-order valence-corrected chi connectivity index (χ4v) is 2.01. The quantitative estimate of drug-likeness (QED) is 0.377. The Bertz CT molecular complexity index is 744. The first-order valence-electron chi connectivity index (χ1n) is 6.10. The van der Waals surface area contributed by atoms with Gasteiger partial charge in [0.2, 0.25) is 0 Å². The highest BCUT2D eigenvalue weighted by molar-refractivity contribution is 9.10. The molecule has 2 rings (SSSR count). The second-order valence-electron chi connectivity index (χ2n) is 4.29. The molecule has 2 aromatic carbocycles. The number of amides is 1. The molecular formula is C14H11BrN4O3. The van der Waals surface area contributed by atoms with Gasteiger partial charge in [-0.1, -0.05) is 6.07 Å². The molecule has 0 fully saturated rings.